The van der Waals surface area contributed by atoms with Crippen molar-refractivity contribution in [1.29, 1.82) is 0 Å². The molecule has 0 heterocycles. The average molecular weight is 227 g/mol. The Balaban J connectivity index is 2.34. The molecule has 0 aliphatic carbocycles. The van der Waals surface area contributed by atoms with Gasteiger partial charge in [-0.1, -0.05) is 54.6 Å². The summed E-state index contributed by atoms with van der Waals surface area (Å²) in [6, 6.07) is 18.3. The van der Waals surface area contributed by atoms with Crippen molar-refractivity contribution >= 4 is 0 Å². The summed E-state index contributed by atoms with van der Waals surface area (Å²) in [5.74, 6) is 0. The fourth-order valence-electron chi connectivity index (χ4n) is 1.93. The zero-order valence-electron chi connectivity index (χ0n) is 9.71. The van der Waals surface area contributed by atoms with Crippen molar-refractivity contribution in [3.8, 4) is 11.1 Å². The molecule has 0 fully saturated rings. The van der Waals surface area contributed by atoms with Gasteiger partial charge < -0.3 is 10.8 Å². The SMILES string of the molecule is NCC(O)Cc1ccccc1-c1ccccc1. The lowest BCUT2D eigenvalue weighted by atomic mass is 9.96. The van der Waals surface area contributed by atoms with Crippen molar-refractivity contribution in [2.24, 2.45) is 5.73 Å². The number of nitrogens with two attached hydrogens (primary N) is 1. The molecule has 0 saturated heterocycles. The van der Waals surface area contributed by atoms with Crippen LogP contribution in [0.4, 0.5) is 0 Å². The van der Waals surface area contributed by atoms with Crippen LogP contribution in [0.3, 0.4) is 0 Å². The van der Waals surface area contributed by atoms with Gasteiger partial charge in [0.05, 0.1) is 6.10 Å². The van der Waals surface area contributed by atoms with Gasteiger partial charge in [0.1, 0.15) is 0 Å². The van der Waals surface area contributed by atoms with Crippen LogP contribution in [-0.4, -0.2) is 17.8 Å². The number of rotatable bonds is 4. The molecular weight excluding hydrogens is 210 g/mol. The van der Waals surface area contributed by atoms with Crippen LogP contribution in [0, 0.1) is 0 Å². The van der Waals surface area contributed by atoms with E-state index in [1.54, 1.807) is 0 Å². The van der Waals surface area contributed by atoms with Gasteiger partial charge in [0, 0.05) is 13.0 Å². The molecule has 0 spiro atoms. The number of hydrogen-bond acceptors (Lipinski definition) is 2. The molecule has 1 unspecified atom stereocenters. The van der Waals surface area contributed by atoms with Crippen molar-refractivity contribution in [2.45, 2.75) is 12.5 Å². The summed E-state index contributed by atoms with van der Waals surface area (Å²) in [4.78, 5) is 0. The first-order chi connectivity index (χ1) is 8.31. The van der Waals surface area contributed by atoms with E-state index in [1.165, 1.54) is 11.1 Å². The minimum atomic E-state index is -0.472. The molecule has 3 N–H and O–H groups in total. The smallest absolute Gasteiger partial charge is 0.0702 e. The zero-order chi connectivity index (χ0) is 12.1. The molecule has 88 valence electrons. The van der Waals surface area contributed by atoms with E-state index in [1.807, 2.05) is 36.4 Å². The van der Waals surface area contributed by atoms with Crippen LogP contribution in [0.1, 0.15) is 5.56 Å². The molecule has 0 radical (unpaired) electrons. The molecule has 2 aromatic rings. The Kier molecular flexibility index (Phi) is 3.91. The lowest BCUT2D eigenvalue weighted by molar-refractivity contribution is 0.183. The largest absolute Gasteiger partial charge is 0.391 e. The maximum atomic E-state index is 9.66. The summed E-state index contributed by atoms with van der Waals surface area (Å²) in [7, 11) is 0. The number of benzene rings is 2. The van der Waals surface area contributed by atoms with Crippen molar-refractivity contribution in [3.63, 3.8) is 0 Å². The van der Waals surface area contributed by atoms with E-state index in [9.17, 15) is 5.11 Å². The number of aliphatic hydroxyl groups is 1. The van der Waals surface area contributed by atoms with Crippen molar-refractivity contribution < 1.29 is 5.11 Å². The highest BCUT2D eigenvalue weighted by Gasteiger charge is 2.08. The topological polar surface area (TPSA) is 46.2 Å². The summed E-state index contributed by atoms with van der Waals surface area (Å²) < 4.78 is 0. The summed E-state index contributed by atoms with van der Waals surface area (Å²) in [5, 5.41) is 9.66. The summed E-state index contributed by atoms with van der Waals surface area (Å²) in [6.45, 7) is 0.295. The molecule has 0 amide bonds. The van der Waals surface area contributed by atoms with E-state index < -0.39 is 6.10 Å². The zero-order valence-corrected chi connectivity index (χ0v) is 9.71. The number of aliphatic hydroxyl groups excluding tert-OH is 1. The summed E-state index contributed by atoms with van der Waals surface area (Å²) >= 11 is 0. The lowest BCUT2D eigenvalue weighted by Gasteiger charge is -2.12. The Bertz CT molecular complexity index is 467. The van der Waals surface area contributed by atoms with E-state index >= 15 is 0 Å². The van der Waals surface area contributed by atoms with Crippen LogP contribution < -0.4 is 5.73 Å². The fourth-order valence-corrected chi connectivity index (χ4v) is 1.93. The second-order valence-electron chi connectivity index (χ2n) is 4.12. The van der Waals surface area contributed by atoms with Gasteiger partial charge in [-0.2, -0.15) is 0 Å². The van der Waals surface area contributed by atoms with Gasteiger partial charge in [-0.25, -0.2) is 0 Å². The molecular formula is C15H17NO. The Morgan fingerprint density at radius 1 is 0.941 bits per heavy atom. The number of hydrogen-bond donors (Lipinski definition) is 2. The third-order valence-corrected chi connectivity index (χ3v) is 2.83. The average Bonchev–Trinajstić information content (AvgIpc) is 2.40. The molecule has 2 heteroatoms. The third kappa shape index (κ3) is 2.93. The molecule has 2 aromatic carbocycles. The maximum Gasteiger partial charge on any atom is 0.0702 e. The Morgan fingerprint density at radius 2 is 1.59 bits per heavy atom. The van der Waals surface area contributed by atoms with E-state index in [0.717, 1.165) is 5.56 Å². The molecule has 0 aliphatic rings. The maximum absolute atomic E-state index is 9.66. The van der Waals surface area contributed by atoms with Crippen molar-refractivity contribution in [3.05, 3.63) is 60.2 Å². The van der Waals surface area contributed by atoms with Crippen molar-refractivity contribution in [1.82, 2.24) is 0 Å². The van der Waals surface area contributed by atoms with Crippen LogP contribution in [0.2, 0.25) is 0 Å². The molecule has 0 saturated carbocycles. The Hall–Kier alpha value is -1.64. The lowest BCUT2D eigenvalue weighted by Crippen LogP contribution is -2.22. The first-order valence-corrected chi connectivity index (χ1v) is 5.82. The first-order valence-electron chi connectivity index (χ1n) is 5.82. The molecule has 17 heavy (non-hydrogen) atoms. The quantitative estimate of drug-likeness (QED) is 0.841. The second kappa shape index (κ2) is 5.62. The van der Waals surface area contributed by atoms with Crippen LogP contribution in [-0.2, 0) is 6.42 Å². The predicted molar refractivity (Wildman–Crippen MR) is 70.6 cm³/mol. The summed E-state index contributed by atoms with van der Waals surface area (Å²) in [6.07, 6.45) is 0.126. The monoisotopic (exact) mass is 227 g/mol. The Labute approximate surface area is 102 Å². The van der Waals surface area contributed by atoms with Gasteiger partial charge in [-0.05, 0) is 16.7 Å². The molecule has 0 aromatic heterocycles. The standard InChI is InChI=1S/C15H17NO/c16-11-14(17)10-13-8-4-5-9-15(13)12-6-2-1-3-7-12/h1-9,14,17H,10-11,16H2. The normalized spacial score (nSPS) is 12.4. The second-order valence-corrected chi connectivity index (χ2v) is 4.12. The van der Waals surface area contributed by atoms with E-state index in [-0.39, 0.29) is 0 Å². The van der Waals surface area contributed by atoms with Gasteiger partial charge in [0.25, 0.3) is 0 Å². The van der Waals surface area contributed by atoms with Crippen LogP contribution in [0.25, 0.3) is 11.1 Å². The van der Waals surface area contributed by atoms with Crippen LogP contribution >= 0.6 is 0 Å². The highest BCUT2D eigenvalue weighted by molar-refractivity contribution is 5.67. The summed E-state index contributed by atoms with van der Waals surface area (Å²) in [5.41, 5.74) is 8.94. The Morgan fingerprint density at radius 3 is 2.29 bits per heavy atom. The van der Waals surface area contributed by atoms with Crippen molar-refractivity contribution in [2.75, 3.05) is 6.54 Å². The van der Waals surface area contributed by atoms with Gasteiger partial charge >= 0.3 is 0 Å². The first kappa shape index (κ1) is 11.8. The highest BCUT2D eigenvalue weighted by atomic mass is 16.3. The predicted octanol–water partition coefficient (Wildman–Crippen LogP) is 2.22. The third-order valence-electron chi connectivity index (χ3n) is 2.83. The van der Waals surface area contributed by atoms with Gasteiger partial charge in [-0.3, -0.25) is 0 Å². The van der Waals surface area contributed by atoms with E-state index in [0.29, 0.717) is 13.0 Å². The molecule has 1 atom stereocenters. The minimum Gasteiger partial charge on any atom is -0.391 e. The molecule has 0 bridgehead atoms. The van der Waals surface area contributed by atoms with Crippen LogP contribution in [0.5, 0.6) is 0 Å². The minimum absolute atomic E-state index is 0.295. The molecule has 0 aliphatic heterocycles. The fraction of sp³-hybridized carbons (Fsp3) is 0.200. The highest BCUT2D eigenvalue weighted by Crippen LogP contribution is 2.24. The van der Waals surface area contributed by atoms with Gasteiger partial charge in [0.2, 0.25) is 0 Å². The van der Waals surface area contributed by atoms with Gasteiger partial charge in [0.15, 0.2) is 0 Å². The van der Waals surface area contributed by atoms with Gasteiger partial charge in [-0.15, -0.1) is 0 Å². The van der Waals surface area contributed by atoms with Crippen LogP contribution in [0.15, 0.2) is 54.6 Å². The van der Waals surface area contributed by atoms with E-state index in [4.69, 9.17) is 5.73 Å². The van der Waals surface area contributed by atoms with E-state index in [2.05, 4.69) is 18.2 Å². The molecule has 2 rings (SSSR count). The molecule has 2 nitrogen and oxygen atoms in total.